The molecule has 0 bridgehead atoms. The van der Waals surface area contributed by atoms with Crippen molar-refractivity contribution < 1.29 is 4.79 Å². The highest BCUT2D eigenvalue weighted by Crippen LogP contribution is 2.36. The maximum Gasteiger partial charge on any atom is 0.136 e. The SMILES string of the molecule is CCCCCC1CCC(c2ccc(-c3ccccc3)cc2)CC1=O. The van der Waals surface area contributed by atoms with E-state index in [4.69, 9.17) is 0 Å². The zero-order chi connectivity index (χ0) is 16.8. The van der Waals surface area contributed by atoms with Gasteiger partial charge in [0.2, 0.25) is 0 Å². The summed E-state index contributed by atoms with van der Waals surface area (Å²) in [7, 11) is 0. The molecule has 2 aromatic carbocycles. The van der Waals surface area contributed by atoms with E-state index in [9.17, 15) is 4.79 Å². The first-order valence-corrected chi connectivity index (χ1v) is 9.46. The number of benzene rings is 2. The number of carbonyl (C=O) groups is 1. The Hall–Kier alpha value is -1.89. The van der Waals surface area contributed by atoms with Crippen molar-refractivity contribution in [3.05, 3.63) is 60.2 Å². The summed E-state index contributed by atoms with van der Waals surface area (Å²) in [6, 6.07) is 19.3. The first-order valence-electron chi connectivity index (χ1n) is 9.46. The van der Waals surface area contributed by atoms with Gasteiger partial charge in [-0.3, -0.25) is 4.79 Å². The minimum atomic E-state index is 0.330. The Morgan fingerprint density at radius 2 is 1.58 bits per heavy atom. The van der Waals surface area contributed by atoms with Crippen LogP contribution in [0.1, 0.15) is 63.4 Å². The maximum atomic E-state index is 12.5. The van der Waals surface area contributed by atoms with Crippen molar-refractivity contribution >= 4 is 5.78 Å². The van der Waals surface area contributed by atoms with Gasteiger partial charge in [0.1, 0.15) is 5.78 Å². The number of rotatable bonds is 6. The van der Waals surface area contributed by atoms with Gasteiger partial charge < -0.3 is 0 Å². The van der Waals surface area contributed by atoms with Crippen LogP contribution in [0.5, 0.6) is 0 Å². The van der Waals surface area contributed by atoms with E-state index in [2.05, 4.69) is 55.5 Å². The summed E-state index contributed by atoms with van der Waals surface area (Å²) in [5.74, 6) is 1.25. The Kier molecular flexibility index (Phi) is 5.85. The smallest absolute Gasteiger partial charge is 0.136 e. The van der Waals surface area contributed by atoms with E-state index < -0.39 is 0 Å². The van der Waals surface area contributed by atoms with Crippen LogP contribution in [0, 0.1) is 5.92 Å². The minimum absolute atomic E-state index is 0.330. The number of unbranched alkanes of at least 4 members (excludes halogenated alkanes) is 2. The fraction of sp³-hybridized carbons (Fsp3) is 0.435. The van der Waals surface area contributed by atoms with E-state index in [0.717, 1.165) is 25.7 Å². The van der Waals surface area contributed by atoms with Crippen molar-refractivity contribution in [1.82, 2.24) is 0 Å². The lowest BCUT2D eigenvalue weighted by atomic mass is 9.76. The van der Waals surface area contributed by atoms with Gasteiger partial charge in [-0.25, -0.2) is 0 Å². The lowest BCUT2D eigenvalue weighted by Gasteiger charge is -2.28. The van der Waals surface area contributed by atoms with Crippen molar-refractivity contribution in [2.24, 2.45) is 5.92 Å². The van der Waals surface area contributed by atoms with E-state index >= 15 is 0 Å². The number of Topliss-reactive ketones (excluding diaryl/α,β-unsaturated/α-hetero) is 1. The van der Waals surface area contributed by atoms with Gasteiger partial charge in [-0.05, 0) is 41.9 Å². The van der Waals surface area contributed by atoms with Gasteiger partial charge in [0.25, 0.3) is 0 Å². The second kappa shape index (κ2) is 8.28. The molecule has 0 aliphatic heterocycles. The van der Waals surface area contributed by atoms with Crippen LogP contribution in [-0.2, 0) is 4.79 Å². The van der Waals surface area contributed by atoms with Crippen molar-refractivity contribution in [1.29, 1.82) is 0 Å². The van der Waals surface area contributed by atoms with Crippen LogP contribution in [0.15, 0.2) is 54.6 Å². The van der Waals surface area contributed by atoms with E-state index in [0.29, 0.717) is 17.6 Å². The largest absolute Gasteiger partial charge is 0.299 e. The van der Waals surface area contributed by atoms with Crippen LogP contribution in [0.4, 0.5) is 0 Å². The third kappa shape index (κ3) is 4.14. The predicted molar refractivity (Wildman–Crippen MR) is 101 cm³/mol. The number of ketones is 1. The summed E-state index contributed by atoms with van der Waals surface area (Å²) in [6.45, 7) is 2.22. The molecular formula is C23H28O. The lowest BCUT2D eigenvalue weighted by Crippen LogP contribution is -2.23. The van der Waals surface area contributed by atoms with Gasteiger partial charge in [-0.1, -0.05) is 80.8 Å². The van der Waals surface area contributed by atoms with Crippen LogP contribution < -0.4 is 0 Å². The highest BCUT2D eigenvalue weighted by molar-refractivity contribution is 5.82. The lowest BCUT2D eigenvalue weighted by molar-refractivity contribution is -0.125. The molecule has 1 aliphatic carbocycles. The van der Waals surface area contributed by atoms with Gasteiger partial charge >= 0.3 is 0 Å². The zero-order valence-electron chi connectivity index (χ0n) is 14.7. The van der Waals surface area contributed by atoms with Crippen LogP contribution in [-0.4, -0.2) is 5.78 Å². The van der Waals surface area contributed by atoms with E-state index in [1.54, 1.807) is 0 Å². The molecule has 0 spiro atoms. The highest BCUT2D eigenvalue weighted by Gasteiger charge is 2.28. The molecule has 1 aliphatic rings. The molecule has 0 saturated heterocycles. The third-order valence-electron chi connectivity index (χ3n) is 5.41. The Balaban J connectivity index is 1.61. The Labute approximate surface area is 146 Å². The van der Waals surface area contributed by atoms with Crippen molar-refractivity contribution in [3.63, 3.8) is 0 Å². The number of carbonyl (C=O) groups excluding carboxylic acids is 1. The standard InChI is InChI=1S/C23H28O/c1-2-3-5-10-21-15-16-22(17-23(21)24)20-13-11-19(12-14-20)18-8-6-4-7-9-18/h4,6-9,11-14,21-22H,2-3,5,10,15-17H2,1H3. The summed E-state index contributed by atoms with van der Waals surface area (Å²) in [6.07, 6.45) is 7.78. The molecule has 0 amide bonds. The Morgan fingerprint density at radius 1 is 0.875 bits per heavy atom. The minimum Gasteiger partial charge on any atom is -0.299 e. The van der Waals surface area contributed by atoms with E-state index in [1.807, 2.05) is 6.07 Å². The summed E-state index contributed by atoms with van der Waals surface area (Å²) < 4.78 is 0. The molecule has 2 atom stereocenters. The monoisotopic (exact) mass is 320 g/mol. The van der Waals surface area contributed by atoms with Crippen LogP contribution in [0.25, 0.3) is 11.1 Å². The van der Waals surface area contributed by atoms with Crippen LogP contribution in [0.2, 0.25) is 0 Å². The van der Waals surface area contributed by atoms with E-state index in [-0.39, 0.29) is 0 Å². The van der Waals surface area contributed by atoms with Gasteiger partial charge in [0.05, 0.1) is 0 Å². The summed E-state index contributed by atoms with van der Waals surface area (Å²) in [4.78, 5) is 12.5. The predicted octanol–water partition coefficient (Wildman–Crippen LogP) is 6.39. The number of hydrogen-bond acceptors (Lipinski definition) is 1. The van der Waals surface area contributed by atoms with Crippen molar-refractivity contribution in [2.75, 3.05) is 0 Å². The molecule has 1 nitrogen and oxygen atoms in total. The van der Waals surface area contributed by atoms with Gasteiger partial charge in [0, 0.05) is 12.3 Å². The molecule has 1 fully saturated rings. The Bertz CT molecular complexity index is 641. The number of hydrogen-bond donors (Lipinski definition) is 0. The first-order chi connectivity index (χ1) is 11.8. The van der Waals surface area contributed by atoms with Crippen LogP contribution in [0.3, 0.4) is 0 Å². The second-order valence-corrected chi connectivity index (χ2v) is 7.13. The topological polar surface area (TPSA) is 17.1 Å². The maximum absolute atomic E-state index is 12.5. The second-order valence-electron chi connectivity index (χ2n) is 7.13. The van der Waals surface area contributed by atoms with Crippen LogP contribution >= 0.6 is 0 Å². The average Bonchev–Trinajstić information content (AvgIpc) is 2.64. The fourth-order valence-corrected chi connectivity index (χ4v) is 3.88. The van der Waals surface area contributed by atoms with Gasteiger partial charge in [0.15, 0.2) is 0 Å². The first kappa shape index (κ1) is 17.0. The molecule has 1 saturated carbocycles. The molecule has 1 heteroatoms. The van der Waals surface area contributed by atoms with E-state index in [1.165, 1.54) is 36.0 Å². The van der Waals surface area contributed by atoms with Crippen molar-refractivity contribution in [2.45, 2.75) is 57.8 Å². The molecule has 0 aromatic heterocycles. The molecule has 2 unspecified atom stereocenters. The van der Waals surface area contributed by atoms with Crippen molar-refractivity contribution in [3.8, 4) is 11.1 Å². The molecule has 0 heterocycles. The quantitative estimate of drug-likeness (QED) is 0.564. The van der Waals surface area contributed by atoms with Gasteiger partial charge in [-0.15, -0.1) is 0 Å². The summed E-state index contributed by atoms with van der Waals surface area (Å²) >= 11 is 0. The Morgan fingerprint density at radius 3 is 2.25 bits per heavy atom. The average molecular weight is 320 g/mol. The zero-order valence-corrected chi connectivity index (χ0v) is 14.7. The highest BCUT2D eigenvalue weighted by atomic mass is 16.1. The molecule has 3 rings (SSSR count). The molecule has 0 radical (unpaired) electrons. The molecule has 126 valence electrons. The molecular weight excluding hydrogens is 292 g/mol. The molecule has 0 N–H and O–H groups in total. The third-order valence-corrected chi connectivity index (χ3v) is 5.41. The molecule has 24 heavy (non-hydrogen) atoms. The van der Waals surface area contributed by atoms with Gasteiger partial charge in [-0.2, -0.15) is 0 Å². The molecule has 2 aromatic rings. The summed E-state index contributed by atoms with van der Waals surface area (Å²) in [5, 5.41) is 0. The normalized spacial score (nSPS) is 21.0. The summed E-state index contributed by atoms with van der Waals surface area (Å²) in [5.41, 5.74) is 3.83. The fourth-order valence-electron chi connectivity index (χ4n) is 3.88.